The summed E-state index contributed by atoms with van der Waals surface area (Å²) < 4.78 is 1.91. The molecule has 1 aromatic heterocycles. The van der Waals surface area contributed by atoms with E-state index in [1.54, 1.807) is 6.07 Å². The molecule has 0 unspecified atom stereocenters. The van der Waals surface area contributed by atoms with Crippen LogP contribution in [-0.4, -0.2) is 11.1 Å². The maximum Gasteiger partial charge on any atom is 0.251 e. The lowest BCUT2D eigenvalue weighted by Gasteiger charge is -2.17. The Morgan fingerprint density at radius 1 is 1.17 bits per heavy atom. The Bertz CT molecular complexity index is 626. The first-order valence-electron chi connectivity index (χ1n) is 6.53. The number of aromatic nitrogens is 1. The molecule has 0 radical (unpaired) electrons. The van der Waals surface area contributed by atoms with Crippen molar-refractivity contribution in [3.05, 3.63) is 46.8 Å². The molecule has 1 aliphatic carbocycles. The van der Waals surface area contributed by atoms with Gasteiger partial charge in [0, 0.05) is 12.6 Å². The van der Waals surface area contributed by atoms with Gasteiger partial charge in [-0.2, -0.15) is 0 Å². The molecule has 0 atom stereocenters. The van der Waals surface area contributed by atoms with Crippen molar-refractivity contribution >= 4 is 10.9 Å². The second kappa shape index (κ2) is 4.25. The molecule has 1 fully saturated rings. The minimum Gasteiger partial charge on any atom is -0.330 e. The van der Waals surface area contributed by atoms with Crippen molar-refractivity contribution in [1.82, 2.24) is 4.57 Å². The molecule has 18 heavy (non-hydrogen) atoms. The molecule has 0 spiro atoms. The van der Waals surface area contributed by atoms with Crippen LogP contribution >= 0.6 is 0 Å². The van der Waals surface area contributed by atoms with Crippen LogP contribution in [0.4, 0.5) is 0 Å². The van der Waals surface area contributed by atoms with Crippen molar-refractivity contribution in [2.45, 2.75) is 25.8 Å². The third-order valence-corrected chi connectivity index (χ3v) is 4.02. The molecule has 3 heteroatoms. The molecule has 3 rings (SSSR count). The van der Waals surface area contributed by atoms with Gasteiger partial charge < -0.3 is 10.3 Å². The van der Waals surface area contributed by atoms with Gasteiger partial charge in [0.2, 0.25) is 0 Å². The van der Waals surface area contributed by atoms with Crippen molar-refractivity contribution < 1.29 is 0 Å². The van der Waals surface area contributed by atoms with Crippen LogP contribution in [0.25, 0.3) is 10.9 Å². The highest BCUT2D eigenvalue weighted by Gasteiger charge is 2.42. The SMILES string of the molecule is NCCC1(Cn2c(=O)ccc3ccccc32)CC1. The van der Waals surface area contributed by atoms with E-state index in [2.05, 4.69) is 0 Å². The lowest BCUT2D eigenvalue weighted by atomic mass is 10.0. The maximum absolute atomic E-state index is 12.1. The molecule has 3 nitrogen and oxygen atoms in total. The smallest absolute Gasteiger partial charge is 0.251 e. The maximum atomic E-state index is 12.1. The Hall–Kier alpha value is -1.61. The molecule has 2 N–H and O–H groups in total. The topological polar surface area (TPSA) is 48.0 Å². The molecular formula is C15H18N2O. The normalized spacial score (nSPS) is 16.9. The Morgan fingerprint density at radius 2 is 1.94 bits per heavy atom. The van der Waals surface area contributed by atoms with Crippen LogP contribution in [0.1, 0.15) is 19.3 Å². The van der Waals surface area contributed by atoms with E-state index in [0.29, 0.717) is 6.54 Å². The fraction of sp³-hybridized carbons (Fsp3) is 0.400. The summed E-state index contributed by atoms with van der Waals surface area (Å²) in [6, 6.07) is 11.6. The highest BCUT2D eigenvalue weighted by atomic mass is 16.1. The number of nitrogens with two attached hydrogens (primary N) is 1. The van der Waals surface area contributed by atoms with E-state index in [1.807, 2.05) is 34.9 Å². The molecule has 0 aliphatic heterocycles. The Morgan fingerprint density at radius 3 is 2.67 bits per heavy atom. The van der Waals surface area contributed by atoms with Crippen LogP contribution in [0.15, 0.2) is 41.2 Å². The molecule has 94 valence electrons. The summed E-state index contributed by atoms with van der Waals surface area (Å²) in [7, 11) is 0. The van der Waals surface area contributed by atoms with Crippen molar-refractivity contribution in [3.63, 3.8) is 0 Å². The van der Waals surface area contributed by atoms with Gasteiger partial charge in [-0.05, 0) is 48.7 Å². The minimum absolute atomic E-state index is 0.0944. The summed E-state index contributed by atoms with van der Waals surface area (Å²) in [6.07, 6.45) is 3.41. The summed E-state index contributed by atoms with van der Waals surface area (Å²) in [4.78, 5) is 12.1. The number of hydrogen-bond donors (Lipinski definition) is 1. The fourth-order valence-corrected chi connectivity index (χ4v) is 2.71. The molecule has 1 aliphatic rings. The third-order valence-electron chi connectivity index (χ3n) is 4.02. The number of benzene rings is 1. The summed E-state index contributed by atoms with van der Waals surface area (Å²) in [5.74, 6) is 0. The third kappa shape index (κ3) is 1.95. The van der Waals surface area contributed by atoms with Crippen LogP contribution in [0.3, 0.4) is 0 Å². The van der Waals surface area contributed by atoms with Gasteiger partial charge in [0.05, 0.1) is 5.52 Å². The standard InChI is InChI=1S/C15H18N2O/c16-10-9-15(7-8-15)11-17-13-4-2-1-3-12(13)5-6-14(17)18/h1-6H,7-11,16H2. The van der Waals surface area contributed by atoms with Crippen LogP contribution in [0, 0.1) is 5.41 Å². The number of rotatable bonds is 4. The minimum atomic E-state index is 0.0944. The van der Waals surface area contributed by atoms with Crippen molar-refractivity contribution in [2.75, 3.05) is 6.54 Å². The van der Waals surface area contributed by atoms with Crippen LogP contribution in [0.5, 0.6) is 0 Å². The van der Waals surface area contributed by atoms with Gasteiger partial charge >= 0.3 is 0 Å². The van der Waals surface area contributed by atoms with Crippen molar-refractivity contribution in [2.24, 2.45) is 11.1 Å². The van der Waals surface area contributed by atoms with Gasteiger partial charge in [-0.15, -0.1) is 0 Å². The molecule has 1 aromatic carbocycles. The Labute approximate surface area is 106 Å². The lowest BCUT2D eigenvalue weighted by molar-refractivity contribution is 0.398. The average molecular weight is 242 g/mol. The zero-order valence-corrected chi connectivity index (χ0v) is 10.4. The summed E-state index contributed by atoms with van der Waals surface area (Å²) in [5.41, 5.74) is 7.08. The fourth-order valence-electron chi connectivity index (χ4n) is 2.71. The monoisotopic (exact) mass is 242 g/mol. The van der Waals surface area contributed by atoms with E-state index in [0.717, 1.165) is 23.9 Å². The van der Waals surface area contributed by atoms with Gasteiger partial charge in [0.15, 0.2) is 0 Å². The molecular weight excluding hydrogens is 224 g/mol. The molecule has 0 amide bonds. The average Bonchev–Trinajstić information content (AvgIpc) is 3.14. The summed E-state index contributed by atoms with van der Waals surface area (Å²) in [5, 5.41) is 1.13. The van der Waals surface area contributed by atoms with E-state index in [9.17, 15) is 4.79 Å². The quantitative estimate of drug-likeness (QED) is 0.892. The first-order chi connectivity index (χ1) is 8.74. The number of hydrogen-bond acceptors (Lipinski definition) is 2. The van der Waals surface area contributed by atoms with E-state index >= 15 is 0 Å². The second-order valence-corrected chi connectivity index (χ2v) is 5.36. The number of para-hydroxylation sites is 1. The number of pyridine rings is 1. The highest BCUT2D eigenvalue weighted by Crippen LogP contribution is 2.49. The van der Waals surface area contributed by atoms with Crippen LogP contribution < -0.4 is 11.3 Å². The predicted molar refractivity (Wildman–Crippen MR) is 73.5 cm³/mol. The summed E-state index contributed by atoms with van der Waals surface area (Å²) >= 11 is 0. The van der Waals surface area contributed by atoms with Crippen LogP contribution in [-0.2, 0) is 6.54 Å². The van der Waals surface area contributed by atoms with Gasteiger partial charge in [-0.3, -0.25) is 4.79 Å². The zero-order chi connectivity index (χ0) is 12.6. The largest absolute Gasteiger partial charge is 0.330 e. The van der Waals surface area contributed by atoms with Gasteiger partial charge in [0.1, 0.15) is 0 Å². The van der Waals surface area contributed by atoms with E-state index in [1.165, 1.54) is 12.8 Å². The van der Waals surface area contributed by atoms with Crippen molar-refractivity contribution in [3.8, 4) is 0 Å². The Balaban J connectivity index is 2.05. The highest BCUT2D eigenvalue weighted by molar-refractivity contribution is 5.78. The van der Waals surface area contributed by atoms with Gasteiger partial charge in [-0.25, -0.2) is 0 Å². The zero-order valence-electron chi connectivity index (χ0n) is 10.4. The summed E-state index contributed by atoms with van der Waals surface area (Å²) in [6.45, 7) is 1.52. The molecule has 1 heterocycles. The predicted octanol–water partition coefficient (Wildman–Crippen LogP) is 2.13. The number of fused-ring (bicyclic) bond motifs is 1. The molecule has 0 saturated heterocycles. The van der Waals surface area contributed by atoms with Gasteiger partial charge in [0.25, 0.3) is 5.56 Å². The first kappa shape index (κ1) is 11.5. The molecule has 1 saturated carbocycles. The first-order valence-corrected chi connectivity index (χ1v) is 6.53. The Kier molecular flexibility index (Phi) is 2.71. The lowest BCUT2D eigenvalue weighted by Crippen LogP contribution is -2.25. The number of nitrogens with zero attached hydrogens (tertiary/aromatic N) is 1. The van der Waals surface area contributed by atoms with E-state index in [4.69, 9.17) is 5.73 Å². The second-order valence-electron chi connectivity index (χ2n) is 5.36. The van der Waals surface area contributed by atoms with Gasteiger partial charge in [-0.1, -0.05) is 18.2 Å². The molecule has 2 aromatic rings. The molecule has 0 bridgehead atoms. The van der Waals surface area contributed by atoms with Crippen LogP contribution in [0.2, 0.25) is 0 Å². The van der Waals surface area contributed by atoms with E-state index in [-0.39, 0.29) is 11.0 Å². The van der Waals surface area contributed by atoms with Crippen molar-refractivity contribution in [1.29, 1.82) is 0 Å². The van der Waals surface area contributed by atoms with E-state index < -0.39 is 0 Å².